The zero-order chi connectivity index (χ0) is 11.1. The van der Waals surface area contributed by atoms with Crippen LogP contribution >= 0.6 is 0 Å². The number of aliphatic hydroxyl groups excluding tert-OH is 1. The Morgan fingerprint density at radius 1 is 1.40 bits per heavy atom. The molecule has 3 N–H and O–H groups in total. The van der Waals surface area contributed by atoms with E-state index in [0.717, 1.165) is 32.2 Å². The van der Waals surface area contributed by atoms with Gasteiger partial charge in [0.2, 0.25) is 5.82 Å². The number of amides is 1. The second-order valence-electron chi connectivity index (χ2n) is 3.33. The van der Waals surface area contributed by atoms with Crippen molar-refractivity contribution in [3.63, 3.8) is 0 Å². The molecule has 84 valence electrons. The van der Waals surface area contributed by atoms with Crippen molar-refractivity contribution in [1.82, 2.24) is 14.8 Å². The molecular formula is C9H16N4O2. The van der Waals surface area contributed by atoms with Gasteiger partial charge in [-0.05, 0) is 12.8 Å². The van der Waals surface area contributed by atoms with Gasteiger partial charge in [-0.1, -0.05) is 12.8 Å². The summed E-state index contributed by atoms with van der Waals surface area (Å²) >= 11 is 0. The standard InChI is InChI=1S/C9H16N4O2/c10-8(15)9-11-7-13(12-9)5-3-1-2-4-6-14/h7,14H,1-6H2,(H2,10,15). The maximum absolute atomic E-state index is 10.7. The molecule has 6 nitrogen and oxygen atoms in total. The summed E-state index contributed by atoms with van der Waals surface area (Å²) in [7, 11) is 0. The number of hydrogen-bond acceptors (Lipinski definition) is 4. The van der Waals surface area contributed by atoms with Crippen LogP contribution in [0, 0.1) is 0 Å². The predicted molar refractivity (Wildman–Crippen MR) is 54.1 cm³/mol. The van der Waals surface area contributed by atoms with Crippen LogP contribution in [0.4, 0.5) is 0 Å². The number of primary amides is 1. The van der Waals surface area contributed by atoms with E-state index in [2.05, 4.69) is 10.1 Å². The predicted octanol–water partition coefficient (Wildman–Crippen LogP) is -0.0703. The van der Waals surface area contributed by atoms with Crippen molar-refractivity contribution in [1.29, 1.82) is 0 Å². The number of aliphatic hydroxyl groups is 1. The Morgan fingerprint density at radius 3 is 2.73 bits per heavy atom. The van der Waals surface area contributed by atoms with Gasteiger partial charge in [0.05, 0.1) is 0 Å². The Bertz CT molecular complexity index is 311. The summed E-state index contributed by atoms with van der Waals surface area (Å²) in [5.74, 6) is -0.542. The number of rotatable bonds is 7. The van der Waals surface area contributed by atoms with Crippen molar-refractivity contribution in [3.8, 4) is 0 Å². The van der Waals surface area contributed by atoms with Gasteiger partial charge in [-0.15, -0.1) is 5.10 Å². The molecular weight excluding hydrogens is 196 g/mol. The molecule has 0 fully saturated rings. The molecule has 0 radical (unpaired) electrons. The first-order valence-corrected chi connectivity index (χ1v) is 5.04. The highest BCUT2D eigenvalue weighted by atomic mass is 16.2. The van der Waals surface area contributed by atoms with Gasteiger partial charge in [0.25, 0.3) is 5.91 Å². The Labute approximate surface area is 88.1 Å². The van der Waals surface area contributed by atoms with Crippen molar-refractivity contribution >= 4 is 5.91 Å². The molecule has 0 aliphatic rings. The van der Waals surface area contributed by atoms with Gasteiger partial charge >= 0.3 is 0 Å². The van der Waals surface area contributed by atoms with Crippen LogP contribution in [0.15, 0.2) is 6.33 Å². The number of aromatic nitrogens is 3. The highest BCUT2D eigenvalue weighted by Crippen LogP contribution is 2.01. The summed E-state index contributed by atoms with van der Waals surface area (Å²) in [5.41, 5.74) is 5.02. The first-order chi connectivity index (χ1) is 7.24. The number of nitrogens with two attached hydrogens (primary N) is 1. The van der Waals surface area contributed by atoms with E-state index in [-0.39, 0.29) is 12.4 Å². The Balaban J connectivity index is 2.23. The van der Waals surface area contributed by atoms with E-state index >= 15 is 0 Å². The summed E-state index contributed by atoms with van der Waals surface area (Å²) in [5, 5.41) is 12.5. The fraction of sp³-hybridized carbons (Fsp3) is 0.667. The van der Waals surface area contributed by atoms with Crippen molar-refractivity contribution in [2.75, 3.05) is 6.61 Å². The largest absolute Gasteiger partial charge is 0.396 e. The van der Waals surface area contributed by atoms with Gasteiger partial charge in [0.1, 0.15) is 6.33 Å². The highest BCUT2D eigenvalue weighted by Gasteiger charge is 2.05. The maximum atomic E-state index is 10.7. The van der Waals surface area contributed by atoms with Crippen LogP contribution in [0.25, 0.3) is 0 Å². The molecule has 0 saturated heterocycles. The molecule has 0 saturated carbocycles. The summed E-state index contributed by atoms with van der Waals surface area (Å²) < 4.78 is 1.61. The van der Waals surface area contributed by atoms with E-state index in [1.54, 1.807) is 4.68 Å². The van der Waals surface area contributed by atoms with E-state index in [1.807, 2.05) is 0 Å². The summed E-state index contributed by atoms with van der Waals surface area (Å²) in [6.07, 6.45) is 5.35. The van der Waals surface area contributed by atoms with Gasteiger partial charge in [-0.2, -0.15) is 0 Å². The third-order valence-corrected chi connectivity index (χ3v) is 2.05. The first kappa shape index (κ1) is 11.6. The number of hydrogen-bond donors (Lipinski definition) is 2. The van der Waals surface area contributed by atoms with Crippen molar-refractivity contribution < 1.29 is 9.90 Å². The van der Waals surface area contributed by atoms with Crippen molar-refractivity contribution in [3.05, 3.63) is 12.2 Å². The minimum atomic E-state index is -0.603. The Hall–Kier alpha value is -1.43. The van der Waals surface area contributed by atoms with Gasteiger partial charge in [0.15, 0.2) is 0 Å². The Morgan fingerprint density at radius 2 is 2.13 bits per heavy atom. The molecule has 1 aromatic heterocycles. The lowest BCUT2D eigenvalue weighted by atomic mass is 10.2. The number of unbranched alkanes of at least 4 members (excludes halogenated alkanes) is 3. The topological polar surface area (TPSA) is 94.0 Å². The molecule has 1 heterocycles. The zero-order valence-electron chi connectivity index (χ0n) is 8.59. The summed E-state index contributed by atoms with van der Waals surface area (Å²) in [6, 6.07) is 0. The van der Waals surface area contributed by atoms with Gasteiger partial charge in [-0.3, -0.25) is 9.48 Å². The molecule has 0 unspecified atom stereocenters. The highest BCUT2D eigenvalue weighted by molar-refractivity contribution is 5.88. The third-order valence-electron chi connectivity index (χ3n) is 2.05. The van der Waals surface area contributed by atoms with E-state index in [0.29, 0.717) is 0 Å². The molecule has 1 aromatic rings. The van der Waals surface area contributed by atoms with Gasteiger partial charge in [0, 0.05) is 13.2 Å². The van der Waals surface area contributed by atoms with E-state index in [1.165, 1.54) is 6.33 Å². The van der Waals surface area contributed by atoms with Crippen LogP contribution in [0.2, 0.25) is 0 Å². The Kier molecular flexibility index (Phi) is 4.76. The fourth-order valence-electron chi connectivity index (χ4n) is 1.25. The third kappa shape index (κ3) is 4.07. The fourth-order valence-corrected chi connectivity index (χ4v) is 1.25. The second-order valence-corrected chi connectivity index (χ2v) is 3.33. The van der Waals surface area contributed by atoms with Crippen molar-refractivity contribution in [2.24, 2.45) is 5.73 Å². The summed E-state index contributed by atoms with van der Waals surface area (Å²) in [4.78, 5) is 14.5. The number of carbonyl (C=O) groups excluding carboxylic acids is 1. The van der Waals surface area contributed by atoms with Crippen molar-refractivity contribution in [2.45, 2.75) is 32.2 Å². The molecule has 0 aliphatic carbocycles. The van der Waals surface area contributed by atoms with Crippen LogP contribution < -0.4 is 5.73 Å². The number of nitrogens with zero attached hydrogens (tertiary/aromatic N) is 3. The van der Waals surface area contributed by atoms with Gasteiger partial charge < -0.3 is 10.8 Å². The molecule has 0 spiro atoms. The van der Waals surface area contributed by atoms with Crippen LogP contribution in [0.5, 0.6) is 0 Å². The van der Waals surface area contributed by atoms with E-state index in [9.17, 15) is 4.79 Å². The monoisotopic (exact) mass is 212 g/mol. The molecule has 0 bridgehead atoms. The number of aryl methyl sites for hydroxylation is 1. The lowest BCUT2D eigenvalue weighted by Crippen LogP contribution is -2.13. The average molecular weight is 212 g/mol. The lowest BCUT2D eigenvalue weighted by molar-refractivity contribution is 0.0990. The molecule has 6 heteroatoms. The normalized spacial score (nSPS) is 10.5. The van der Waals surface area contributed by atoms with Crippen LogP contribution in [-0.2, 0) is 6.54 Å². The summed E-state index contributed by atoms with van der Waals surface area (Å²) in [6.45, 7) is 0.973. The van der Waals surface area contributed by atoms with Crippen LogP contribution in [-0.4, -0.2) is 32.4 Å². The second kappa shape index (κ2) is 6.13. The van der Waals surface area contributed by atoms with E-state index < -0.39 is 5.91 Å². The molecule has 0 aromatic carbocycles. The van der Waals surface area contributed by atoms with Gasteiger partial charge in [-0.25, -0.2) is 4.98 Å². The maximum Gasteiger partial charge on any atom is 0.288 e. The molecule has 0 aliphatic heterocycles. The van der Waals surface area contributed by atoms with Crippen LogP contribution in [0.1, 0.15) is 36.3 Å². The quantitative estimate of drug-likeness (QED) is 0.618. The minimum Gasteiger partial charge on any atom is -0.396 e. The molecule has 0 atom stereocenters. The average Bonchev–Trinajstić information content (AvgIpc) is 2.66. The lowest BCUT2D eigenvalue weighted by Gasteiger charge is -1.99. The SMILES string of the molecule is NC(=O)c1ncn(CCCCCCO)n1. The first-order valence-electron chi connectivity index (χ1n) is 5.04. The minimum absolute atomic E-state index is 0.0605. The molecule has 1 rings (SSSR count). The molecule has 1 amide bonds. The molecule has 15 heavy (non-hydrogen) atoms. The van der Waals surface area contributed by atoms with Crippen LogP contribution in [0.3, 0.4) is 0 Å². The smallest absolute Gasteiger partial charge is 0.288 e. The van der Waals surface area contributed by atoms with E-state index in [4.69, 9.17) is 10.8 Å². The zero-order valence-corrected chi connectivity index (χ0v) is 8.59. The number of carbonyl (C=O) groups is 1.